The maximum atomic E-state index is 5.30. The molecule has 0 saturated carbocycles. The van der Waals surface area contributed by atoms with E-state index in [0.29, 0.717) is 0 Å². The molecule has 0 amide bonds. The normalized spacial score (nSPS) is 15.2. The monoisotopic (exact) mass is 268 g/mol. The van der Waals surface area contributed by atoms with E-state index in [2.05, 4.69) is 58.3 Å². The molecular weight excluding hydrogens is 248 g/mol. The van der Waals surface area contributed by atoms with Gasteiger partial charge in [-0.3, -0.25) is 0 Å². The van der Waals surface area contributed by atoms with Crippen LogP contribution in [0.5, 0.6) is 5.75 Å². The van der Waals surface area contributed by atoms with Crippen molar-refractivity contribution in [2.24, 2.45) is 0 Å². The number of methoxy groups -OCH3 is 1. The van der Waals surface area contributed by atoms with Crippen molar-refractivity contribution in [2.75, 3.05) is 43.1 Å². The average Bonchev–Trinajstić information content (AvgIpc) is 2.56. The molecule has 0 spiro atoms. The third-order valence-electron chi connectivity index (χ3n) is 3.82. The van der Waals surface area contributed by atoms with Gasteiger partial charge in [-0.25, -0.2) is 0 Å². The minimum atomic E-state index is 0.924. The highest BCUT2D eigenvalue weighted by Gasteiger charge is 2.17. The first kappa shape index (κ1) is 12.9. The summed E-state index contributed by atoms with van der Waals surface area (Å²) in [6, 6.07) is 18.9. The zero-order valence-electron chi connectivity index (χ0n) is 11.8. The third-order valence-corrected chi connectivity index (χ3v) is 3.82. The average molecular weight is 268 g/mol. The molecule has 1 aliphatic heterocycles. The molecule has 0 radical (unpaired) electrons. The Bertz CT molecular complexity index is 548. The van der Waals surface area contributed by atoms with Crippen LogP contribution in [0.1, 0.15) is 0 Å². The number of hydrogen-bond acceptors (Lipinski definition) is 3. The molecule has 1 heterocycles. The van der Waals surface area contributed by atoms with Crippen LogP contribution in [-0.2, 0) is 0 Å². The van der Waals surface area contributed by atoms with Crippen LogP contribution in [0.4, 0.5) is 11.4 Å². The number of piperazine rings is 1. The Balaban J connectivity index is 1.66. The van der Waals surface area contributed by atoms with Gasteiger partial charge in [-0.1, -0.05) is 24.3 Å². The smallest absolute Gasteiger partial charge is 0.120 e. The summed E-state index contributed by atoms with van der Waals surface area (Å²) < 4.78 is 5.30. The molecule has 1 saturated heterocycles. The molecule has 2 aromatic rings. The van der Waals surface area contributed by atoms with Crippen molar-refractivity contribution in [3.8, 4) is 5.75 Å². The molecule has 104 valence electrons. The molecule has 3 rings (SSSR count). The van der Waals surface area contributed by atoms with Gasteiger partial charge in [-0.2, -0.15) is 0 Å². The van der Waals surface area contributed by atoms with Gasteiger partial charge in [-0.05, 0) is 24.3 Å². The van der Waals surface area contributed by atoms with Crippen LogP contribution in [0.3, 0.4) is 0 Å². The van der Waals surface area contributed by atoms with Gasteiger partial charge in [0.25, 0.3) is 0 Å². The molecule has 2 aromatic carbocycles. The second kappa shape index (κ2) is 5.87. The second-order valence-electron chi connectivity index (χ2n) is 5.01. The van der Waals surface area contributed by atoms with Crippen molar-refractivity contribution < 1.29 is 4.74 Å². The van der Waals surface area contributed by atoms with Crippen molar-refractivity contribution in [3.63, 3.8) is 0 Å². The van der Waals surface area contributed by atoms with E-state index in [1.54, 1.807) is 7.11 Å². The Hall–Kier alpha value is -2.16. The van der Waals surface area contributed by atoms with Gasteiger partial charge < -0.3 is 14.5 Å². The molecule has 20 heavy (non-hydrogen) atoms. The summed E-state index contributed by atoms with van der Waals surface area (Å²) in [5.41, 5.74) is 2.56. The first-order valence-corrected chi connectivity index (χ1v) is 7.06. The molecule has 3 nitrogen and oxygen atoms in total. The van der Waals surface area contributed by atoms with Crippen LogP contribution >= 0.6 is 0 Å². The zero-order valence-corrected chi connectivity index (χ0v) is 11.8. The van der Waals surface area contributed by atoms with Crippen molar-refractivity contribution in [3.05, 3.63) is 54.6 Å². The molecule has 1 aliphatic rings. The summed E-state index contributed by atoms with van der Waals surface area (Å²) in [6.07, 6.45) is 0. The topological polar surface area (TPSA) is 15.7 Å². The molecular formula is C17H20N2O. The molecule has 0 bridgehead atoms. The Morgan fingerprint density at radius 2 is 1.35 bits per heavy atom. The molecule has 0 atom stereocenters. The fraction of sp³-hybridized carbons (Fsp3) is 0.294. The Labute approximate surface area is 120 Å². The van der Waals surface area contributed by atoms with E-state index in [-0.39, 0.29) is 0 Å². The van der Waals surface area contributed by atoms with Crippen LogP contribution in [-0.4, -0.2) is 33.3 Å². The molecule has 3 heteroatoms. The summed E-state index contributed by atoms with van der Waals surface area (Å²) in [5, 5.41) is 0. The van der Waals surface area contributed by atoms with Gasteiger partial charge in [-0.15, -0.1) is 0 Å². The standard InChI is InChI=1S/C17H20N2O/c1-20-17-9-5-8-16(14-17)19-12-10-18(11-13-19)15-6-3-2-4-7-15/h2-9,14H,10-13H2,1H3. The van der Waals surface area contributed by atoms with Gasteiger partial charge in [0, 0.05) is 43.6 Å². The third kappa shape index (κ3) is 2.72. The lowest BCUT2D eigenvalue weighted by Gasteiger charge is -2.37. The van der Waals surface area contributed by atoms with Crippen LogP contribution in [0, 0.1) is 0 Å². The number of para-hydroxylation sites is 1. The summed E-state index contributed by atoms with van der Waals surface area (Å²) in [7, 11) is 1.71. The first-order valence-electron chi connectivity index (χ1n) is 7.06. The van der Waals surface area contributed by atoms with Crippen LogP contribution in [0.15, 0.2) is 54.6 Å². The number of nitrogens with zero attached hydrogens (tertiary/aromatic N) is 2. The molecule has 0 unspecified atom stereocenters. The van der Waals surface area contributed by atoms with E-state index in [0.717, 1.165) is 31.9 Å². The van der Waals surface area contributed by atoms with Crippen LogP contribution in [0.2, 0.25) is 0 Å². The highest BCUT2D eigenvalue weighted by molar-refractivity contribution is 5.53. The minimum Gasteiger partial charge on any atom is -0.497 e. The fourth-order valence-electron chi connectivity index (χ4n) is 2.67. The summed E-state index contributed by atoms with van der Waals surface area (Å²) in [6.45, 7) is 4.20. The van der Waals surface area contributed by atoms with E-state index in [9.17, 15) is 0 Å². The number of benzene rings is 2. The van der Waals surface area contributed by atoms with Gasteiger partial charge in [0.2, 0.25) is 0 Å². The molecule has 0 aromatic heterocycles. The molecule has 0 N–H and O–H groups in total. The van der Waals surface area contributed by atoms with E-state index < -0.39 is 0 Å². The zero-order chi connectivity index (χ0) is 13.8. The van der Waals surface area contributed by atoms with E-state index in [1.165, 1.54) is 11.4 Å². The molecule has 1 fully saturated rings. The maximum Gasteiger partial charge on any atom is 0.120 e. The Kier molecular flexibility index (Phi) is 3.77. The number of hydrogen-bond donors (Lipinski definition) is 0. The first-order chi connectivity index (χ1) is 9.86. The van der Waals surface area contributed by atoms with Crippen LogP contribution in [0.25, 0.3) is 0 Å². The number of rotatable bonds is 3. The summed E-state index contributed by atoms with van der Waals surface area (Å²) in [5.74, 6) is 0.924. The lowest BCUT2D eigenvalue weighted by atomic mass is 10.2. The van der Waals surface area contributed by atoms with Gasteiger partial charge in [0.05, 0.1) is 7.11 Å². The van der Waals surface area contributed by atoms with Crippen molar-refractivity contribution >= 4 is 11.4 Å². The highest BCUT2D eigenvalue weighted by atomic mass is 16.5. The quantitative estimate of drug-likeness (QED) is 0.851. The van der Waals surface area contributed by atoms with Gasteiger partial charge in [0.15, 0.2) is 0 Å². The molecule has 0 aliphatic carbocycles. The second-order valence-corrected chi connectivity index (χ2v) is 5.01. The SMILES string of the molecule is COc1cccc(N2CCN(c3ccccc3)CC2)c1. The van der Waals surface area contributed by atoms with E-state index in [1.807, 2.05) is 6.07 Å². The maximum absolute atomic E-state index is 5.30. The van der Waals surface area contributed by atoms with Crippen LogP contribution < -0.4 is 14.5 Å². The van der Waals surface area contributed by atoms with Crippen molar-refractivity contribution in [2.45, 2.75) is 0 Å². The van der Waals surface area contributed by atoms with Crippen molar-refractivity contribution in [1.29, 1.82) is 0 Å². The number of anilines is 2. The highest BCUT2D eigenvalue weighted by Crippen LogP contribution is 2.23. The lowest BCUT2D eigenvalue weighted by molar-refractivity contribution is 0.414. The van der Waals surface area contributed by atoms with Crippen molar-refractivity contribution in [1.82, 2.24) is 0 Å². The van der Waals surface area contributed by atoms with E-state index >= 15 is 0 Å². The lowest BCUT2D eigenvalue weighted by Crippen LogP contribution is -2.46. The largest absolute Gasteiger partial charge is 0.497 e. The number of ether oxygens (including phenoxy) is 1. The Morgan fingerprint density at radius 1 is 0.750 bits per heavy atom. The van der Waals surface area contributed by atoms with E-state index in [4.69, 9.17) is 4.74 Å². The summed E-state index contributed by atoms with van der Waals surface area (Å²) >= 11 is 0. The summed E-state index contributed by atoms with van der Waals surface area (Å²) in [4.78, 5) is 4.86. The fourth-order valence-corrected chi connectivity index (χ4v) is 2.67. The minimum absolute atomic E-state index is 0.924. The van der Waals surface area contributed by atoms with Gasteiger partial charge in [0.1, 0.15) is 5.75 Å². The predicted octanol–water partition coefficient (Wildman–Crippen LogP) is 3.02. The predicted molar refractivity (Wildman–Crippen MR) is 83.9 cm³/mol. The van der Waals surface area contributed by atoms with Gasteiger partial charge >= 0.3 is 0 Å². The Morgan fingerprint density at radius 3 is 2.00 bits per heavy atom.